The number of carbonyl (C=O) groups excluding carboxylic acids is 1. The lowest BCUT2D eigenvalue weighted by atomic mass is 9.86. The third kappa shape index (κ3) is 6.07. The van der Waals surface area contributed by atoms with Crippen LogP contribution in [-0.4, -0.2) is 34.8 Å². The summed E-state index contributed by atoms with van der Waals surface area (Å²) in [7, 11) is 0. The molecule has 0 aliphatic carbocycles. The molecule has 2 saturated heterocycles. The Morgan fingerprint density at radius 3 is 2.40 bits per heavy atom. The average Bonchev–Trinajstić information content (AvgIpc) is 3.30. The average molecular weight is 550 g/mol. The summed E-state index contributed by atoms with van der Waals surface area (Å²) in [6.07, 6.45) is 8.23. The molecule has 1 N–H and O–H groups in total. The number of carbonyl (C=O) groups is 1. The maximum absolute atomic E-state index is 14.3. The molecule has 1 aromatic carbocycles. The lowest BCUT2D eigenvalue weighted by Gasteiger charge is -2.46. The maximum Gasteiger partial charge on any atom is 0.254 e. The number of rotatable bonds is 5. The highest BCUT2D eigenvalue weighted by atomic mass is 19.1. The van der Waals surface area contributed by atoms with E-state index in [9.17, 15) is 13.6 Å². The lowest BCUT2D eigenvalue weighted by Crippen LogP contribution is -2.48. The van der Waals surface area contributed by atoms with Crippen LogP contribution in [-0.2, 0) is 11.3 Å². The van der Waals surface area contributed by atoms with E-state index >= 15 is 0 Å². The van der Waals surface area contributed by atoms with Gasteiger partial charge in [-0.15, -0.1) is 23.8 Å². The highest BCUT2D eigenvalue weighted by Crippen LogP contribution is 2.50. The van der Waals surface area contributed by atoms with Crippen molar-refractivity contribution >= 4 is 5.91 Å². The number of nitrogens with zero attached hydrogens (tertiary/aromatic N) is 2. The molecule has 0 aromatic heterocycles. The molecule has 0 spiro atoms. The first-order valence-corrected chi connectivity index (χ1v) is 13.8. The molecule has 3 aliphatic rings. The predicted molar refractivity (Wildman–Crippen MR) is 164 cm³/mol. The summed E-state index contributed by atoms with van der Waals surface area (Å²) in [5.41, 5.74) is 11.1. The van der Waals surface area contributed by atoms with Crippen LogP contribution in [0.2, 0.25) is 0 Å². The van der Waals surface area contributed by atoms with Crippen LogP contribution >= 0.6 is 0 Å². The minimum Gasteiger partial charge on any atom is -0.362 e. The number of allylic oxidation sites excluding steroid dienone is 3. The normalized spacial score (nSPS) is 18.9. The number of amides is 1. The quantitative estimate of drug-likeness (QED) is 0.304. The number of benzene rings is 1. The summed E-state index contributed by atoms with van der Waals surface area (Å²) in [5.74, 6) is 0.889. The van der Waals surface area contributed by atoms with Gasteiger partial charge in [-0.05, 0) is 37.8 Å². The first-order chi connectivity index (χ1) is 19.2. The van der Waals surface area contributed by atoms with Crippen LogP contribution in [0.25, 0.3) is 0 Å². The summed E-state index contributed by atoms with van der Waals surface area (Å²) in [6.45, 7) is 25.1. The van der Waals surface area contributed by atoms with E-state index < -0.39 is 11.6 Å². The van der Waals surface area contributed by atoms with Crippen LogP contribution in [0, 0.1) is 36.8 Å². The minimum absolute atomic E-state index is 0. The van der Waals surface area contributed by atoms with Crippen molar-refractivity contribution in [3.05, 3.63) is 106 Å². The molecule has 4 nitrogen and oxygen atoms in total. The summed E-state index contributed by atoms with van der Waals surface area (Å²) in [5, 5.41) is 2.83. The van der Waals surface area contributed by atoms with Crippen molar-refractivity contribution in [3.8, 4) is 12.3 Å². The molecule has 40 heavy (non-hydrogen) atoms. The summed E-state index contributed by atoms with van der Waals surface area (Å²) in [4.78, 5) is 18.0. The molecule has 1 aromatic rings. The van der Waals surface area contributed by atoms with E-state index in [1.165, 1.54) is 6.07 Å². The molecule has 1 amide bonds. The van der Waals surface area contributed by atoms with Gasteiger partial charge in [-0.2, -0.15) is 0 Å². The van der Waals surface area contributed by atoms with Crippen molar-refractivity contribution in [2.75, 3.05) is 13.1 Å². The Labute approximate surface area is 241 Å². The van der Waals surface area contributed by atoms with Crippen molar-refractivity contribution < 1.29 is 16.4 Å². The summed E-state index contributed by atoms with van der Waals surface area (Å²) < 4.78 is 27.9. The van der Waals surface area contributed by atoms with E-state index in [0.717, 1.165) is 54.7 Å². The van der Waals surface area contributed by atoms with Crippen molar-refractivity contribution in [3.63, 3.8) is 0 Å². The van der Waals surface area contributed by atoms with Crippen LogP contribution in [0.1, 0.15) is 61.4 Å². The molecule has 3 heterocycles. The van der Waals surface area contributed by atoms with Gasteiger partial charge in [0, 0.05) is 57.4 Å². The molecule has 0 bridgehead atoms. The Kier molecular flexibility index (Phi) is 11.6. The molecule has 2 atom stereocenters. The molecule has 0 unspecified atom stereocenters. The molecule has 0 radical (unpaired) electrons. The second kappa shape index (κ2) is 14.4. The molecule has 216 valence electrons. The van der Waals surface area contributed by atoms with E-state index in [-0.39, 0.29) is 32.8 Å². The maximum atomic E-state index is 14.3. The topological polar surface area (TPSA) is 35.6 Å². The Balaban J connectivity index is 0.00000194. The van der Waals surface area contributed by atoms with Gasteiger partial charge in [0.05, 0.1) is 17.3 Å². The van der Waals surface area contributed by atoms with Gasteiger partial charge in [-0.3, -0.25) is 4.79 Å². The van der Waals surface area contributed by atoms with Crippen molar-refractivity contribution in [2.24, 2.45) is 5.92 Å². The number of likely N-dealkylation sites (N-methyl/N-ethyl adjacent to an activating group) is 1. The summed E-state index contributed by atoms with van der Waals surface area (Å²) in [6, 6.07) is 2.46. The standard InChI is InChI=1S/C28H29F2N3O.C4H6.C2H6.2H2/c1-7-20-21(8-2)27-24(9-3)32(10-4)15-19-12-17(6)26(33(19)27)25(20)28(34)31-14-18-11-16(5)22(29)13-23(18)30;1-3-4-2;1-2;;/h8,11,13,17,19H,1-3,10,12,14-15H2,4-6H3,(H,31,34);1H,4H2,2H3;1-2H3;2*1H/t17-,19+;;;;/m0..../s1. The number of hydrogen-bond donors (Lipinski definition) is 1. The number of halogens is 2. The molecule has 6 heteroatoms. The highest BCUT2D eigenvalue weighted by Gasteiger charge is 2.48. The predicted octanol–water partition coefficient (Wildman–Crippen LogP) is 7.57. The second-order valence-electron chi connectivity index (χ2n) is 9.44. The third-order valence-corrected chi connectivity index (χ3v) is 7.09. The Morgan fingerprint density at radius 2 is 1.88 bits per heavy atom. The van der Waals surface area contributed by atoms with E-state index in [4.69, 9.17) is 6.42 Å². The lowest BCUT2D eigenvalue weighted by molar-refractivity contribution is -0.117. The molecule has 4 rings (SSSR count). The molecule has 2 fully saturated rings. The first kappa shape index (κ1) is 32.2. The fraction of sp³-hybridized carbons (Fsp3) is 0.382. The fourth-order valence-corrected chi connectivity index (χ4v) is 5.34. The van der Waals surface area contributed by atoms with Gasteiger partial charge in [0.1, 0.15) is 17.3 Å². The zero-order valence-electron chi connectivity index (χ0n) is 24.7. The van der Waals surface area contributed by atoms with Gasteiger partial charge in [-0.1, -0.05) is 53.5 Å². The Morgan fingerprint density at radius 1 is 1.23 bits per heavy atom. The molecular weight excluding hydrogens is 504 g/mol. The van der Waals surface area contributed by atoms with Crippen LogP contribution < -0.4 is 5.32 Å². The zero-order valence-corrected chi connectivity index (χ0v) is 24.7. The number of hydrogen-bond acceptors (Lipinski definition) is 3. The van der Waals surface area contributed by atoms with Gasteiger partial charge in [-0.25, -0.2) is 8.78 Å². The van der Waals surface area contributed by atoms with Crippen LogP contribution in [0.4, 0.5) is 8.78 Å². The SMILES string of the molecule is C#CCC.C=C=C1C(C=C)=C2C(=C=C)N(CC)C[C@H]3C[C@H](C)C(=C1C(=O)NCc1cc(C)c(F)cc1F)N23.CC.[HH].[HH]. The van der Waals surface area contributed by atoms with Crippen molar-refractivity contribution in [1.82, 2.24) is 15.1 Å². The van der Waals surface area contributed by atoms with Gasteiger partial charge in [0.2, 0.25) is 0 Å². The zero-order chi connectivity index (χ0) is 30.1. The van der Waals surface area contributed by atoms with Crippen LogP contribution in [0.5, 0.6) is 0 Å². The largest absolute Gasteiger partial charge is 0.362 e. The van der Waals surface area contributed by atoms with Gasteiger partial charge in [0.25, 0.3) is 5.91 Å². The Bertz CT molecular complexity index is 1380. The second-order valence-corrected chi connectivity index (χ2v) is 9.44. The smallest absolute Gasteiger partial charge is 0.254 e. The number of nitrogens with one attached hydrogen (secondary N) is 1. The van der Waals surface area contributed by atoms with Crippen molar-refractivity contribution in [1.29, 1.82) is 0 Å². The summed E-state index contributed by atoms with van der Waals surface area (Å²) >= 11 is 0. The third-order valence-electron chi connectivity index (χ3n) is 7.09. The van der Waals surface area contributed by atoms with E-state index in [2.05, 4.69) is 66.1 Å². The van der Waals surface area contributed by atoms with Crippen LogP contribution in [0.3, 0.4) is 0 Å². The Hall–Kier alpha value is -4.03. The molecule has 3 aliphatic heterocycles. The van der Waals surface area contributed by atoms with Gasteiger partial charge in [0.15, 0.2) is 0 Å². The monoisotopic (exact) mass is 549 g/mol. The van der Waals surface area contributed by atoms with Crippen molar-refractivity contribution in [2.45, 2.75) is 67.0 Å². The van der Waals surface area contributed by atoms with E-state index in [1.54, 1.807) is 13.0 Å². The first-order valence-electron chi connectivity index (χ1n) is 13.8. The van der Waals surface area contributed by atoms with Crippen LogP contribution in [0.15, 0.2) is 83.2 Å². The van der Waals surface area contributed by atoms with E-state index in [1.807, 2.05) is 20.8 Å². The van der Waals surface area contributed by atoms with E-state index in [0.29, 0.717) is 16.7 Å². The molecule has 0 saturated carbocycles. The van der Waals surface area contributed by atoms with Gasteiger partial charge < -0.3 is 15.1 Å². The number of terminal acetylenes is 1. The fourth-order valence-electron chi connectivity index (χ4n) is 5.34. The number of piperazine rings is 1. The molecular formula is C34H45F2N3O. The highest BCUT2D eigenvalue weighted by molar-refractivity contribution is 6.01. The van der Waals surface area contributed by atoms with Gasteiger partial charge >= 0.3 is 0 Å². The number of aryl methyl sites for hydroxylation is 1. The minimum atomic E-state index is -0.691.